The topological polar surface area (TPSA) is 109 Å². The lowest BCUT2D eigenvalue weighted by Gasteiger charge is -2.29. The van der Waals surface area contributed by atoms with Gasteiger partial charge in [0.15, 0.2) is 0 Å². The molecule has 1 fully saturated rings. The van der Waals surface area contributed by atoms with Gasteiger partial charge in [-0.3, -0.25) is 4.79 Å². The summed E-state index contributed by atoms with van der Waals surface area (Å²) in [6.45, 7) is 0.680. The van der Waals surface area contributed by atoms with Crippen LogP contribution in [0.4, 0.5) is 11.8 Å². The number of allylic oxidation sites excluding steroid dienone is 1. The molecule has 2 aliphatic carbocycles. The van der Waals surface area contributed by atoms with Gasteiger partial charge < -0.3 is 15.5 Å². The van der Waals surface area contributed by atoms with Gasteiger partial charge in [0.2, 0.25) is 5.95 Å². The van der Waals surface area contributed by atoms with Crippen LogP contribution in [-0.2, 0) is 11.2 Å². The van der Waals surface area contributed by atoms with Crippen LogP contribution < -0.4 is 15.5 Å². The third kappa shape index (κ3) is 4.78. The Morgan fingerprint density at radius 3 is 2.74 bits per heavy atom. The molecule has 3 aromatic rings. The molecule has 2 N–H and O–H groups in total. The van der Waals surface area contributed by atoms with E-state index in [2.05, 4.69) is 27.0 Å². The number of nitrogens with one attached hydrogen (secondary N) is 2. The Labute approximate surface area is 198 Å². The van der Waals surface area contributed by atoms with Gasteiger partial charge in [-0.2, -0.15) is 4.98 Å². The van der Waals surface area contributed by atoms with Gasteiger partial charge in [0.25, 0.3) is 5.91 Å². The summed E-state index contributed by atoms with van der Waals surface area (Å²) in [4.78, 5) is 24.2. The predicted molar refractivity (Wildman–Crippen MR) is 131 cm³/mol. The second-order valence-electron chi connectivity index (χ2n) is 9.15. The summed E-state index contributed by atoms with van der Waals surface area (Å²) >= 11 is 0. The van der Waals surface area contributed by atoms with E-state index >= 15 is 0 Å². The van der Waals surface area contributed by atoms with Gasteiger partial charge in [-0.05, 0) is 55.9 Å². The van der Waals surface area contributed by atoms with Gasteiger partial charge in [0.1, 0.15) is 17.2 Å². The number of para-hydroxylation sites is 1. The van der Waals surface area contributed by atoms with Crippen molar-refractivity contribution in [3.05, 3.63) is 53.4 Å². The zero-order chi connectivity index (χ0) is 23.5. The first-order valence-corrected chi connectivity index (χ1v) is 11.8. The van der Waals surface area contributed by atoms with Crippen molar-refractivity contribution in [2.75, 3.05) is 30.9 Å². The number of nitrogens with zero attached hydrogens (tertiary/aromatic N) is 5. The van der Waals surface area contributed by atoms with E-state index < -0.39 is 0 Å². The molecule has 0 radical (unpaired) electrons. The average molecular weight is 460 g/mol. The highest BCUT2D eigenvalue weighted by atomic mass is 16.6. The molecule has 5 rings (SSSR count). The Balaban J connectivity index is 1.13. The molecule has 2 aliphatic rings. The zero-order valence-electron chi connectivity index (χ0n) is 19.5. The van der Waals surface area contributed by atoms with Gasteiger partial charge in [0.05, 0.1) is 5.52 Å². The maximum absolute atomic E-state index is 12.6. The number of rotatable bonds is 6. The maximum atomic E-state index is 12.6. The summed E-state index contributed by atoms with van der Waals surface area (Å²) in [5.41, 5.74) is 3.01. The van der Waals surface area contributed by atoms with Crippen LogP contribution in [0, 0.1) is 5.92 Å². The minimum absolute atomic E-state index is 0.0561. The van der Waals surface area contributed by atoms with E-state index in [-0.39, 0.29) is 5.91 Å². The van der Waals surface area contributed by atoms with E-state index in [9.17, 15) is 4.79 Å². The van der Waals surface area contributed by atoms with Crippen LogP contribution in [0.1, 0.15) is 37.1 Å². The van der Waals surface area contributed by atoms with E-state index in [1.165, 1.54) is 0 Å². The van der Waals surface area contributed by atoms with Crippen LogP contribution in [-0.4, -0.2) is 52.9 Å². The first kappa shape index (κ1) is 22.1. The molecular weight excluding hydrogens is 430 g/mol. The van der Waals surface area contributed by atoms with Crippen LogP contribution in [0.15, 0.2) is 46.6 Å². The molecule has 0 saturated heterocycles. The summed E-state index contributed by atoms with van der Waals surface area (Å²) in [6.07, 6.45) is 10.1. The first-order chi connectivity index (χ1) is 16.6. The van der Waals surface area contributed by atoms with Crippen molar-refractivity contribution in [2.45, 2.75) is 38.1 Å². The molecule has 0 unspecified atom stereocenters. The summed E-state index contributed by atoms with van der Waals surface area (Å²) < 4.78 is 4.73. The third-order valence-corrected chi connectivity index (χ3v) is 6.52. The van der Waals surface area contributed by atoms with Gasteiger partial charge in [0, 0.05) is 44.1 Å². The van der Waals surface area contributed by atoms with E-state index in [0.717, 1.165) is 48.1 Å². The number of hydrogen-bond acceptors (Lipinski definition) is 8. The molecule has 0 atom stereocenters. The fraction of sp³-hybridized carbons (Fsp3) is 0.400. The number of anilines is 2. The molecule has 0 spiro atoms. The van der Waals surface area contributed by atoms with Gasteiger partial charge >= 0.3 is 0 Å². The van der Waals surface area contributed by atoms with Crippen molar-refractivity contribution in [3.63, 3.8) is 0 Å². The lowest BCUT2D eigenvalue weighted by Crippen LogP contribution is -2.34. The van der Waals surface area contributed by atoms with Crippen molar-refractivity contribution in [3.8, 4) is 0 Å². The number of benzene rings is 1. The van der Waals surface area contributed by atoms with Crippen molar-refractivity contribution in [1.29, 1.82) is 0 Å². The largest absolute Gasteiger partial charge is 0.362 e. The van der Waals surface area contributed by atoms with Crippen LogP contribution in [0.2, 0.25) is 0 Å². The molecule has 1 amide bonds. The Morgan fingerprint density at radius 2 is 1.91 bits per heavy atom. The molecule has 176 valence electrons. The molecule has 2 heterocycles. The van der Waals surface area contributed by atoms with E-state index in [4.69, 9.17) is 14.6 Å². The highest BCUT2D eigenvalue weighted by Gasteiger charge is 2.23. The predicted octanol–water partition coefficient (Wildman–Crippen LogP) is 3.36. The summed E-state index contributed by atoms with van der Waals surface area (Å²) in [5.74, 6) is 2.00. The quantitative estimate of drug-likeness (QED) is 0.578. The fourth-order valence-electron chi connectivity index (χ4n) is 4.59. The van der Waals surface area contributed by atoms with Gasteiger partial charge in [-0.1, -0.05) is 28.5 Å². The summed E-state index contributed by atoms with van der Waals surface area (Å²) in [7, 11) is 4.00. The number of hydrogen-bond donors (Lipinski definition) is 2. The number of amides is 1. The highest BCUT2D eigenvalue weighted by Crippen LogP contribution is 2.28. The highest BCUT2D eigenvalue weighted by molar-refractivity contribution is 5.97. The lowest BCUT2D eigenvalue weighted by molar-refractivity contribution is -0.117. The second-order valence-corrected chi connectivity index (χ2v) is 9.15. The smallest absolute Gasteiger partial charge is 0.250 e. The van der Waals surface area contributed by atoms with E-state index in [1.807, 2.05) is 43.3 Å². The molecule has 9 nitrogen and oxygen atoms in total. The summed E-state index contributed by atoms with van der Waals surface area (Å²) in [6, 6.07) is 8.42. The van der Waals surface area contributed by atoms with Gasteiger partial charge in [-0.25, -0.2) is 9.61 Å². The van der Waals surface area contributed by atoms with Crippen molar-refractivity contribution in [1.82, 2.24) is 25.6 Å². The summed E-state index contributed by atoms with van der Waals surface area (Å²) in [5, 5.41) is 15.4. The molecule has 34 heavy (non-hydrogen) atoms. The molecule has 0 aliphatic heterocycles. The minimum atomic E-state index is -0.0561. The lowest BCUT2D eigenvalue weighted by atomic mass is 9.86. The maximum Gasteiger partial charge on any atom is 0.250 e. The molecule has 1 saturated carbocycles. The van der Waals surface area contributed by atoms with Crippen molar-refractivity contribution >= 4 is 34.7 Å². The number of aromatic nitrogens is 4. The molecule has 2 aromatic heterocycles. The van der Waals surface area contributed by atoms with Crippen LogP contribution in [0.3, 0.4) is 0 Å². The third-order valence-electron chi connectivity index (χ3n) is 6.52. The Kier molecular flexibility index (Phi) is 6.24. The Hall–Kier alpha value is -3.75. The molecule has 9 heteroatoms. The van der Waals surface area contributed by atoms with E-state index in [1.54, 1.807) is 12.2 Å². The van der Waals surface area contributed by atoms with Gasteiger partial charge in [-0.15, -0.1) is 0 Å². The van der Waals surface area contributed by atoms with Crippen LogP contribution in [0.25, 0.3) is 17.0 Å². The standard InChI is InChI=1S/C25H29N7O2/c1-32(2)23-19-5-3-4-6-20(19)28-25(29-23)27-18-11-7-16(8-12-18)15-26-24(33)17-9-13-21-22(14-10-17)31-34-30-21/h3-6,9-10,13,16,18H,7-8,11-12,14-15H2,1-2H3,(H,26,33)(H,27,28,29). The van der Waals surface area contributed by atoms with E-state index in [0.29, 0.717) is 42.1 Å². The fourth-order valence-corrected chi connectivity index (χ4v) is 4.59. The molecule has 0 bridgehead atoms. The Morgan fingerprint density at radius 1 is 1.09 bits per heavy atom. The number of carbonyl (C=O) groups excluding carboxylic acids is 1. The first-order valence-electron chi connectivity index (χ1n) is 11.8. The number of fused-ring (bicyclic) bond motifs is 2. The zero-order valence-corrected chi connectivity index (χ0v) is 19.5. The normalized spacial score (nSPS) is 19.8. The monoisotopic (exact) mass is 459 g/mol. The SMILES string of the molecule is CN(C)c1nc(NC2CCC(CNC(=O)C3=CCc4nonc4C=C3)CC2)nc2ccccc12. The minimum Gasteiger partial charge on any atom is -0.362 e. The Bertz CT molecular complexity index is 1240. The second kappa shape index (κ2) is 9.62. The number of carbonyl (C=O) groups is 1. The van der Waals surface area contributed by atoms with Crippen LogP contribution in [0.5, 0.6) is 0 Å². The van der Waals surface area contributed by atoms with Crippen LogP contribution >= 0.6 is 0 Å². The van der Waals surface area contributed by atoms with Crippen molar-refractivity contribution in [2.24, 2.45) is 5.92 Å². The molecular formula is C25H29N7O2. The molecule has 1 aromatic carbocycles. The van der Waals surface area contributed by atoms with Crippen molar-refractivity contribution < 1.29 is 9.42 Å². The average Bonchev–Trinajstić information content (AvgIpc) is 3.20.